The Bertz CT molecular complexity index is 1190. The summed E-state index contributed by atoms with van der Waals surface area (Å²) in [5, 5.41) is 9.57. The van der Waals surface area contributed by atoms with Gasteiger partial charge in [-0.3, -0.25) is 4.40 Å². The summed E-state index contributed by atoms with van der Waals surface area (Å²) in [6, 6.07) is 13.0. The Morgan fingerprint density at radius 2 is 1.79 bits per heavy atom. The number of aromatic nitrogens is 2. The third kappa shape index (κ3) is 3.03. The summed E-state index contributed by atoms with van der Waals surface area (Å²) in [4.78, 5) is 6.88. The summed E-state index contributed by atoms with van der Waals surface area (Å²) in [6.07, 6.45) is 1.81. The molecule has 0 N–H and O–H groups in total. The van der Waals surface area contributed by atoms with Crippen molar-refractivity contribution in [1.82, 2.24) is 13.7 Å². The van der Waals surface area contributed by atoms with E-state index in [0.717, 1.165) is 11.1 Å². The highest BCUT2D eigenvalue weighted by Gasteiger charge is 2.30. The molecule has 1 aliphatic heterocycles. The number of rotatable bonds is 3. The second-order valence-corrected chi connectivity index (χ2v) is 8.90. The molecule has 1 aromatic carbocycles. The van der Waals surface area contributed by atoms with E-state index in [1.54, 1.807) is 16.5 Å². The van der Waals surface area contributed by atoms with Gasteiger partial charge in [-0.25, -0.2) is 13.4 Å². The van der Waals surface area contributed by atoms with Gasteiger partial charge in [-0.1, -0.05) is 12.1 Å². The van der Waals surface area contributed by atoms with Gasteiger partial charge in [-0.05, 0) is 49.2 Å². The average Bonchev–Trinajstić information content (AvgIpc) is 3.08. The van der Waals surface area contributed by atoms with E-state index in [2.05, 4.69) is 11.1 Å². The van der Waals surface area contributed by atoms with Crippen LogP contribution in [0.3, 0.4) is 0 Å². The van der Waals surface area contributed by atoms with Crippen molar-refractivity contribution < 1.29 is 8.42 Å². The summed E-state index contributed by atoms with van der Waals surface area (Å²) in [5.41, 5.74) is 3.21. The lowest BCUT2D eigenvalue weighted by Gasteiger charge is -2.34. The van der Waals surface area contributed by atoms with Gasteiger partial charge in [-0.15, -0.1) is 0 Å². The molecule has 28 heavy (non-hydrogen) atoms. The average molecular weight is 395 g/mol. The Labute approximate surface area is 164 Å². The number of nitrogens with zero attached hydrogens (tertiary/aromatic N) is 5. The smallest absolute Gasteiger partial charge is 0.243 e. The third-order valence-corrected chi connectivity index (χ3v) is 7.17. The van der Waals surface area contributed by atoms with E-state index in [1.807, 2.05) is 49.2 Å². The quantitative estimate of drug-likeness (QED) is 0.680. The van der Waals surface area contributed by atoms with Crippen molar-refractivity contribution in [3.63, 3.8) is 0 Å². The van der Waals surface area contributed by atoms with Crippen molar-refractivity contribution in [2.75, 3.05) is 31.1 Å². The highest BCUT2D eigenvalue weighted by atomic mass is 32.2. The first kappa shape index (κ1) is 18.5. The lowest BCUT2D eigenvalue weighted by molar-refractivity contribution is 0.384. The molecule has 0 aliphatic carbocycles. The van der Waals surface area contributed by atoms with Crippen molar-refractivity contribution in [3.05, 3.63) is 59.4 Å². The Morgan fingerprint density at radius 3 is 2.46 bits per heavy atom. The first-order valence-corrected chi connectivity index (χ1v) is 10.6. The van der Waals surface area contributed by atoms with Crippen molar-refractivity contribution in [2.45, 2.75) is 18.7 Å². The van der Waals surface area contributed by atoms with Crippen LogP contribution in [0.4, 0.5) is 5.82 Å². The Balaban J connectivity index is 1.57. The standard InChI is InChI=1S/C20H21N5O2S/c1-15-6-7-17(13-16(15)2)28(26,27)24-11-9-23(10-12-24)20-18(14-21)25-8-4-3-5-19(25)22-20/h3-8,13H,9-12H2,1-2H3. The molecule has 2 aromatic heterocycles. The topological polar surface area (TPSA) is 81.7 Å². The molecule has 0 atom stereocenters. The second-order valence-electron chi connectivity index (χ2n) is 6.96. The van der Waals surface area contributed by atoms with Crippen LogP contribution >= 0.6 is 0 Å². The molecule has 0 saturated carbocycles. The Hall–Kier alpha value is -2.89. The van der Waals surface area contributed by atoms with Gasteiger partial charge in [0.25, 0.3) is 0 Å². The van der Waals surface area contributed by atoms with Crippen molar-refractivity contribution in [2.24, 2.45) is 0 Å². The van der Waals surface area contributed by atoms with Crippen LogP contribution in [0.1, 0.15) is 16.8 Å². The molecule has 7 nitrogen and oxygen atoms in total. The highest BCUT2D eigenvalue weighted by molar-refractivity contribution is 7.89. The van der Waals surface area contributed by atoms with E-state index in [9.17, 15) is 13.7 Å². The lowest BCUT2D eigenvalue weighted by Crippen LogP contribution is -2.49. The molecular weight excluding hydrogens is 374 g/mol. The lowest BCUT2D eigenvalue weighted by atomic mass is 10.1. The molecule has 1 aliphatic rings. The number of piperazine rings is 1. The molecule has 1 fully saturated rings. The largest absolute Gasteiger partial charge is 0.352 e. The van der Waals surface area contributed by atoms with E-state index in [4.69, 9.17) is 0 Å². The maximum Gasteiger partial charge on any atom is 0.243 e. The minimum absolute atomic E-state index is 0.328. The fourth-order valence-electron chi connectivity index (χ4n) is 3.47. The van der Waals surface area contributed by atoms with Crippen molar-refractivity contribution in [3.8, 4) is 6.07 Å². The third-order valence-electron chi connectivity index (χ3n) is 5.27. The van der Waals surface area contributed by atoms with E-state index in [-0.39, 0.29) is 0 Å². The molecule has 1 saturated heterocycles. The predicted molar refractivity (Wildman–Crippen MR) is 107 cm³/mol. The number of anilines is 1. The van der Waals surface area contributed by atoms with Gasteiger partial charge in [0.15, 0.2) is 11.5 Å². The van der Waals surface area contributed by atoms with Crippen LogP contribution in [0.25, 0.3) is 5.65 Å². The summed E-state index contributed by atoms with van der Waals surface area (Å²) in [7, 11) is -3.53. The maximum atomic E-state index is 13.0. The molecule has 0 bridgehead atoms. The second kappa shape index (κ2) is 6.93. The van der Waals surface area contributed by atoms with Gasteiger partial charge >= 0.3 is 0 Å². The summed E-state index contributed by atoms with van der Waals surface area (Å²) >= 11 is 0. The summed E-state index contributed by atoms with van der Waals surface area (Å²) in [5.74, 6) is 0.608. The molecule has 3 aromatic rings. The van der Waals surface area contributed by atoms with Crippen LogP contribution in [0.5, 0.6) is 0 Å². The number of fused-ring (bicyclic) bond motifs is 1. The van der Waals surface area contributed by atoms with Crippen molar-refractivity contribution >= 4 is 21.5 Å². The fourth-order valence-corrected chi connectivity index (χ4v) is 4.98. The van der Waals surface area contributed by atoms with E-state index < -0.39 is 10.0 Å². The molecule has 0 radical (unpaired) electrons. The number of hydrogen-bond acceptors (Lipinski definition) is 5. The van der Waals surface area contributed by atoms with Crippen LogP contribution in [-0.4, -0.2) is 48.3 Å². The molecule has 3 heterocycles. The fraction of sp³-hybridized carbons (Fsp3) is 0.300. The van der Waals surface area contributed by atoms with Gasteiger partial charge in [-0.2, -0.15) is 9.57 Å². The first-order chi connectivity index (χ1) is 13.4. The number of aryl methyl sites for hydroxylation is 2. The molecule has 0 unspecified atom stereocenters. The van der Waals surface area contributed by atoms with Gasteiger partial charge in [0.05, 0.1) is 4.90 Å². The van der Waals surface area contributed by atoms with Gasteiger partial charge in [0.1, 0.15) is 11.7 Å². The van der Waals surface area contributed by atoms with Crippen molar-refractivity contribution in [1.29, 1.82) is 5.26 Å². The monoisotopic (exact) mass is 395 g/mol. The number of hydrogen-bond donors (Lipinski definition) is 0. The van der Waals surface area contributed by atoms with Crippen LogP contribution in [0.2, 0.25) is 0 Å². The number of pyridine rings is 1. The first-order valence-electron chi connectivity index (χ1n) is 9.11. The minimum Gasteiger partial charge on any atom is -0.352 e. The molecule has 0 amide bonds. The van der Waals surface area contributed by atoms with Gasteiger partial charge in [0.2, 0.25) is 10.0 Å². The molecule has 8 heteroatoms. The Morgan fingerprint density at radius 1 is 1.04 bits per heavy atom. The zero-order valence-electron chi connectivity index (χ0n) is 15.8. The normalized spacial score (nSPS) is 15.7. The van der Waals surface area contributed by atoms with Crippen LogP contribution in [0.15, 0.2) is 47.5 Å². The summed E-state index contributed by atoms with van der Waals surface area (Å²) in [6.45, 7) is 5.57. The number of nitriles is 1. The SMILES string of the molecule is Cc1ccc(S(=O)(=O)N2CCN(c3nc4ccccn4c3C#N)CC2)cc1C. The predicted octanol–water partition coefficient (Wildman–Crippen LogP) is 2.33. The Kier molecular flexibility index (Phi) is 4.57. The number of imidazole rings is 1. The van der Waals surface area contributed by atoms with E-state index >= 15 is 0 Å². The van der Waals surface area contributed by atoms with E-state index in [0.29, 0.717) is 48.2 Å². The van der Waals surface area contributed by atoms with Crippen LogP contribution in [-0.2, 0) is 10.0 Å². The van der Waals surface area contributed by atoms with Gasteiger partial charge < -0.3 is 4.90 Å². The summed E-state index contributed by atoms with van der Waals surface area (Å²) < 4.78 is 29.3. The van der Waals surface area contributed by atoms with E-state index in [1.165, 1.54) is 4.31 Å². The maximum absolute atomic E-state index is 13.0. The van der Waals surface area contributed by atoms with Crippen LogP contribution in [0, 0.1) is 25.2 Å². The highest BCUT2D eigenvalue weighted by Crippen LogP contribution is 2.25. The van der Waals surface area contributed by atoms with Gasteiger partial charge in [0, 0.05) is 32.4 Å². The molecule has 4 rings (SSSR count). The zero-order valence-corrected chi connectivity index (χ0v) is 16.6. The molecule has 144 valence electrons. The number of sulfonamides is 1. The van der Waals surface area contributed by atoms with Crippen LogP contribution < -0.4 is 4.90 Å². The molecular formula is C20H21N5O2S. The molecule has 0 spiro atoms. The minimum atomic E-state index is -3.53. The zero-order chi connectivity index (χ0) is 19.9. The number of benzene rings is 1.